The van der Waals surface area contributed by atoms with Crippen LogP contribution in [0, 0.1) is 5.92 Å². The molecule has 2 aromatic carbocycles. The fourth-order valence-electron chi connectivity index (χ4n) is 4.07. The Morgan fingerprint density at radius 3 is 2.13 bits per heavy atom. The van der Waals surface area contributed by atoms with Gasteiger partial charge < -0.3 is 15.3 Å². The largest absolute Gasteiger partial charge is 0.483 e. The van der Waals surface area contributed by atoms with E-state index in [0.29, 0.717) is 5.92 Å². The summed E-state index contributed by atoms with van der Waals surface area (Å²) in [5.41, 5.74) is 4.10. The van der Waals surface area contributed by atoms with Crippen molar-refractivity contribution in [3.8, 4) is 0 Å². The van der Waals surface area contributed by atoms with Crippen LogP contribution in [-0.4, -0.2) is 29.1 Å². The van der Waals surface area contributed by atoms with E-state index in [9.17, 15) is 4.79 Å². The molecule has 2 aromatic rings. The molecule has 3 rings (SSSR count). The Bertz CT molecular complexity index is 999. The minimum absolute atomic E-state index is 0.0528. The summed E-state index contributed by atoms with van der Waals surface area (Å²) in [6.45, 7) is 18.5. The van der Waals surface area contributed by atoms with E-state index in [0.717, 1.165) is 42.0 Å². The molecule has 38 heavy (non-hydrogen) atoms. The summed E-state index contributed by atoms with van der Waals surface area (Å²) in [5.74, 6) is 0.302. The zero-order valence-electron chi connectivity index (χ0n) is 24.3. The summed E-state index contributed by atoms with van der Waals surface area (Å²) in [5, 5.41) is 10.9. The van der Waals surface area contributed by atoms with Crippen molar-refractivity contribution in [2.45, 2.75) is 79.7 Å². The molecule has 0 bridgehead atoms. The van der Waals surface area contributed by atoms with Gasteiger partial charge in [0, 0.05) is 17.8 Å². The van der Waals surface area contributed by atoms with Gasteiger partial charge in [-0.2, -0.15) is 0 Å². The van der Waals surface area contributed by atoms with E-state index in [1.165, 1.54) is 17.6 Å². The number of carbonyl (C=O) groups excluding carboxylic acids is 1. The summed E-state index contributed by atoms with van der Waals surface area (Å²) in [6.07, 6.45) is 7.80. The van der Waals surface area contributed by atoms with Crippen LogP contribution in [-0.2, 0) is 23.2 Å². The third kappa shape index (κ3) is 11.1. The van der Waals surface area contributed by atoms with Crippen molar-refractivity contribution in [3.63, 3.8) is 0 Å². The molecule has 6 heteroatoms. The van der Waals surface area contributed by atoms with Crippen LogP contribution in [0.3, 0.4) is 0 Å². The third-order valence-corrected chi connectivity index (χ3v) is 6.08. The number of hydrogen-bond acceptors (Lipinski definition) is 2. The van der Waals surface area contributed by atoms with Gasteiger partial charge in [-0.1, -0.05) is 101 Å². The maximum absolute atomic E-state index is 12.7. The zero-order valence-corrected chi connectivity index (χ0v) is 25.0. The Morgan fingerprint density at radius 2 is 1.66 bits per heavy atom. The molecule has 0 aromatic heterocycles. The predicted octanol–water partition coefficient (Wildman–Crippen LogP) is 8.62. The number of rotatable bonds is 7. The van der Waals surface area contributed by atoms with Crippen LogP contribution in [0.15, 0.2) is 73.0 Å². The van der Waals surface area contributed by atoms with Gasteiger partial charge in [-0.3, -0.25) is 4.79 Å². The Balaban J connectivity index is 0.00000134. The minimum Gasteiger partial charge on any atom is -0.483 e. The summed E-state index contributed by atoms with van der Waals surface area (Å²) in [7, 11) is 0. The van der Waals surface area contributed by atoms with Crippen molar-refractivity contribution in [1.82, 2.24) is 10.2 Å². The average molecular weight is 543 g/mol. The number of amides is 2. The maximum Gasteiger partial charge on any atom is 0.322 e. The van der Waals surface area contributed by atoms with Crippen LogP contribution in [0.1, 0.15) is 78.0 Å². The van der Waals surface area contributed by atoms with E-state index in [2.05, 4.69) is 89.8 Å². The average Bonchev–Trinajstić information content (AvgIpc) is 2.87. The van der Waals surface area contributed by atoms with Crippen LogP contribution < -0.4 is 5.32 Å². The van der Waals surface area contributed by atoms with E-state index < -0.39 is 5.54 Å². The molecule has 0 unspecified atom stereocenters. The monoisotopic (exact) mass is 542 g/mol. The highest BCUT2D eigenvalue weighted by atomic mass is 35.5. The van der Waals surface area contributed by atoms with Crippen molar-refractivity contribution in [1.29, 1.82) is 0 Å². The quantitative estimate of drug-likeness (QED) is 0.272. The molecule has 5 nitrogen and oxygen atoms in total. The Hall–Kier alpha value is -3.05. The molecule has 0 saturated heterocycles. The molecule has 1 atom stereocenters. The number of nitrogens with zero attached hydrogens (tertiary/aromatic N) is 1. The second-order valence-electron chi connectivity index (χ2n) is 9.50. The molecule has 1 aliphatic rings. The fourth-order valence-corrected chi connectivity index (χ4v) is 4.35. The Kier molecular flexibility index (Phi) is 17.6. The topological polar surface area (TPSA) is 69.6 Å². The van der Waals surface area contributed by atoms with Gasteiger partial charge in [0.15, 0.2) is 0 Å². The molecule has 0 fully saturated rings. The van der Waals surface area contributed by atoms with Crippen LogP contribution in [0.2, 0.25) is 5.02 Å². The fraction of sp³-hybridized carbons (Fsp3) is 0.438. The van der Waals surface area contributed by atoms with E-state index in [4.69, 9.17) is 21.5 Å². The molecular formula is C32H47ClN2O3. The van der Waals surface area contributed by atoms with Gasteiger partial charge in [0.25, 0.3) is 6.47 Å². The number of allylic oxidation sites excluding steroid dienone is 1. The normalized spacial score (nSPS) is 15.9. The first-order valence-corrected chi connectivity index (χ1v) is 13.8. The van der Waals surface area contributed by atoms with Crippen LogP contribution in [0.5, 0.6) is 0 Å². The Labute approximate surface area is 235 Å². The molecular weight excluding hydrogens is 496 g/mol. The number of urea groups is 1. The molecule has 0 aliphatic carbocycles. The smallest absolute Gasteiger partial charge is 0.322 e. The first-order chi connectivity index (χ1) is 18.1. The van der Waals surface area contributed by atoms with Gasteiger partial charge in [-0.15, -0.1) is 6.58 Å². The molecule has 1 aliphatic heterocycles. The highest BCUT2D eigenvalue weighted by molar-refractivity contribution is 6.31. The van der Waals surface area contributed by atoms with Gasteiger partial charge in [-0.05, 0) is 67.4 Å². The van der Waals surface area contributed by atoms with Gasteiger partial charge in [0.05, 0.1) is 5.54 Å². The predicted molar refractivity (Wildman–Crippen MR) is 162 cm³/mol. The number of carboxylic acid groups (broad SMARTS) is 1. The first-order valence-electron chi connectivity index (χ1n) is 13.4. The van der Waals surface area contributed by atoms with E-state index in [1.807, 2.05) is 25.3 Å². The van der Waals surface area contributed by atoms with Gasteiger partial charge >= 0.3 is 6.03 Å². The number of halogens is 1. The molecule has 0 radical (unpaired) electrons. The minimum atomic E-state index is -0.558. The number of nitrogens with one attached hydrogen (secondary N) is 1. The van der Waals surface area contributed by atoms with Crippen LogP contribution in [0.4, 0.5) is 4.79 Å². The van der Waals surface area contributed by atoms with E-state index in [1.54, 1.807) is 11.0 Å². The second-order valence-corrected chi connectivity index (χ2v) is 9.91. The third-order valence-electron chi connectivity index (χ3n) is 5.73. The van der Waals surface area contributed by atoms with Gasteiger partial charge in [-0.25, -0.2) is 4.79 Å². The van der Waals surface area contributed by atoms with E-state index >= 15 is 0 Å². The Morgan fingerprint density at radius 1 is 1.11 bits per heavy atom. The van der Waals surface area contributed by atoms with Gasteiger partial charge in [0.1, 0.15) is 0 Å². The lowest BCUT2D eigenvalue weighted by atomic mass is 9.78. The SMILES string of the molecule is C=CC.CCC.CCCN1C=C(C(C)C)[C@](C)(c2ccc(CCc3ccccc3)c(Cl)c2)NC1=O.O=CO. The lowest BCUT2D eigenvalue weighted by Crippen LogP contribution is -2.54. The van der Waals surface area contributed by atoms with Crippen molar-refractivity contribution >= 4 is 24.1 Å². The van der Waals surface area contributed by atoms with Gasteiger partial charge in [0.2, 0.25) is 0 Å². The molecule has 0 spiro atoms. The van der Waals surface area contributed by atoms with Crippen molar-refractivity contribution in [2.75, 3.05) is 6.54 Å². The van der Waals surface area contributed by atoms with Crippen LogP contribution >= 0.6 is 11.6 Å². The van der Waals surface area contributed by atoms with Crippen molar-refractivity contribution in [2.24, 2.45) is 5.92 Å². The number of benzene rings is 2. The molecule has 2 amide bonds. The zero-order chi connectivity index (χ0) is 29.1. The summed E-state index contributed by atoms with van der Waals surface area (Å²) in [6, 6.07) is 16.6. The summed E-state index contributed by atoms with van der Waals surface area (Å²) in [4.78, 5) is 22.8. The number of carbonyl (C=O) groups is 2. The van der Waals surface area contributed by atoms with Crippen molar-refractivity contribution in [3.05, 3.63) is 94.7 Å². The first kappa shape index (κ1) is 35.0. The molecule has 1 heterocycles. The van der Waals surface area contributed by atoms with E-state index in [-0.39, 0.29) is 12.5 Å². The molecule has 210 valence electrons. The lowest BCUT2D eigenvalue weighted by molar-refractivity contribution is -0.122. The highest BCUT2D eigenvalue weighted by Gasteiger charge is 2.39. The molecule has 0 saturated carbocycles. The lowest BCUT2D eigenvalue weighted by Gasteiger charge is -2.42. The standard InChI is InChI=1S/C25H31ClN2O.C3H8.C3H6.CH2O2/c1-5-15-28-17-22(18(2)3)25(4,27-24(28)29)21-14-13-20(23(26)16-21)12-11-19-9-7-6-8-10-19;2*1-3-2;2-1-3/h6-10,13-14,16-18H,5,11-12,15H2,1-4H3,(H,27,29);3H2,1-2H3;3H,1H2,2H3;1H,(H,2,3)/t25-;;;/m0.../s1. The summed E-state index contributed by atoms with van der Waals surface area (Å²) < 4.78 is 0. The number of aryl methyl sites for hydroxylation is 2. The highest BCUT2D eigenvalue weighted by Crippen LogP contribution is 2.38. The molecule has 2 N–H and O–H groups in total. The number of hydrogen-bond donors (Lipinski definition) is 2. The van der Waals surface area contributed by atoms with Crippen molar-refractivity contribution < 1.29 is 14.7 Å². The maximum atomic E-state index is 12.7. The van der Waals surface area contributed by atoms with Crippen LogP contribution in [0.25, 0.3) is 0 Å². The second kappa shape index (κ2) is 19.1. The summed E-state index contributed by atoms with van der Waals surface area (Å²) >= 11 is 6.68.